The Bertz CT molecular complexity index is 466. The molecule has 3 heteroatoms. The molecule has 2 rings (SSSR count). The van der Waals surface area contributed by atoms with Gasteiger partial charge in [-0.3, -0.25) is 10.1 Å². The summed E-state index contributed by atoms with van der Waals surface area (Å²) in [6.45, 7) is 6.87. The number of primary amides is 1. The first-order valence-electron chi connectivity index (χ1n) is 6.56. The second-order valence-electron chi connectivity index (χ2n) is 5.61. The normalized spacial score (nSPS) is 18.4. The van der Waals surface area contributed by atoms with E-state index < -0.39 is 5.54 Å². The fourth-order valence-electron chi connectivity index (χ4n) is 2.05. The average molecular weight is 246 g/mol. The molecule has 3 nitrogen and oxygen atoms in total. The summed E-state index contributed by atoms with van der Waals surface area (Å²) in [6, 6.07) is 6.09. The zero-order valence-electron chi connectivity index (χ0n) is 11.4. The molecule has 0 radical (unpaired) electrons. The van der Waals surface area contributed by atoms with Crippen LogP contribution in [0.3, 0.4) is 0 Å². The van der Waals surface area contributed by atoms with Crippen LogP contribution in [-0.2, 0) is 10.3 Å². The van der Waals surface area contributed by atoms with E-state index in [0.717, 1.165) is 18.0 Å². The quantitative estimate of drug-likeness (QED) is 0.835. The molecule has 0 spiro atoms. The lowest BCUT2D eigenvalue weighted by Gasteiger charge is -2.29. The first kappa shape index (κ1) is 13.1. The van der Waals surface area contributed by atoms with Crippen LogP contribution in [0.25, 0.3) is 0 Å². The van der Waals surface area contributed by atoms with E-state index in [-0.39, 0.29) is 5.91 Å². The molecule has 0 aliphatic heterocycles. The van der Waals surface area contributed by atoms with Crippen LogP contribution in [0, 0.1) is 19.8 Å². The number of nitrogens with two attached hydrogens (primary N) is 1. The number of nitrogens with one attached hydrogen (secondary N) is 1. The number of benzene rings is 1. The fourth-order valence-corrected chi connectivity index (χ4v) is 2.05. The molecule has 1 aromatic rings. The molecule has 1 unspecified atom stereocenters. The van der Waals surface area contributed by atoms with Crippen LogP contribution < -0.4 is 11.1 Å². The molecule has 0 aromatic heterocycles. The molecule has 0 saturated heterocycles. The number of carbonyl (C=O) groups is 1. The van der Waals surface area contributed by atoms with E-state index in [1.807, 2.05) is 19.1 Å². The van der Waals surface area contributed by atoms with Crippen LogP contribution in [0.1, 0.15) is 36.5 Å². The Balaban J connectivity index is 2.26. The molecule has 98 valence electrons. The first-order chi connectivity index (χ1) is 8.43. The lowest BCUT2D eigenvalue weighted by molar-refractivity contribution is -0.124. The molecule has 18 heavy (non-hydrogen) atoms. The van der Waals surface area contributed by atoms with E-state index in [4.69, 9.17) is 5.73 Å². The van der Waals surface area contributed by atoms with Gasteiger partial charge in [0.25, 0.3) is 0 Å². The lowest BCUT2D eigenvalue weighted by atomic mass is 9.89. The van der Waals surface area contributed by atoms with Crippen molar-refractivity contribution in [3.8, 4) is 0 Å². The van der Waals surface area contributed by atoms with E-state index in [1.54, 1.807) is 0 Å². The maximum atomic E-state index is 11.8. The van der Waals surface area contributed by atoms with Crippen molar-refractivity contribution >= 4 is 5.91 Å². The van der Waals surface area contributed by atoms with Crippen molar-refractivity contribution < 1.29 is 4.79 Å². The molecule has 1 aromatic carbocycles. The molecule has 1 fully saturated rings. The largest absolute Gasteiger partial charge is 0.368 e. The summed E-state index contributed by atoms with van der Waals surface area (Å²) in [5.41, 5.74) is 8.21. The lowest BCUT2D eigenvalue weighted by Crippen LogP contribution is -2.51. The van der Waals surface area contributed by atoms with Gasteiger partial charge in [-0.25, -0.2) is 0 Å². The van der Waals surface area contributed by atoms with Gasteiger partial charge in [0.05, 0.1) is 0 Å². The maximum Gasteiger partial charge on any atom is 0.242 e. The van der Waals surface area contributed by atoms with E-state index in [9.17, 15) is 4.79 Å². The summed E-state index contributed by atoms with van der Waals surface area (Å²) in [6.07, 6.45) is 2.52. The van der Waals surface area contributed by atoms with Gasteiger partial charge >= 0.3 is 0 Å². The highest BCUT2D eigenvalue weighted by Crippen LogP contribution is 2.30. The molecular formula is C15H22N2O. The summed E-state index contributed by atoms with van der Waals surface area (Å²) >= 11 is 0. The average Bonchev–Trinajstić information content (AvgIpc) is 3.13. The molecule has 0 heterocycles. The van der Waals surface area contributed by atoms with Gasteiger partial charge in [-0.15, -0.1) is 0 Å². The van der Waals surface area contributed by atoms with Gasteiger partial charge in [-0.1, -0.05) is 18.2 Å². The monoisotopic (exact) mass is 246 g/mol. The van der Waals surface area contributed by atoms with Crippen LogP contribution in [0.2, 0.25) is 0 Å². The number of amides is 1. The smallest absolute Gasteiger partial charge is 0.242 e. The number of aryl methyl sites for hydroxylation is 2. The van der Waals surface area contributed by atoms with Crippen LogP contribution in [-0.4, -0.2) is 12.5 Å². The highest BCUT2D eigenvalue weighted by Gasteiger charge is 2.35. The first-order valence-corrected chi connectivity index (χ1v) is 6.56. The van der Waals surface area contributed by atoms with Gasteiger partial charge < -0.3 is 5.73 Å². The van der Waals surface area contributed by atoms with Gasteiger partial charge in [0.15, 0.2) is 0 Å². The number of carbonyl (C=O) groups excluding carboxylic acids is 1. The Hall–Kier alpha value is -1.35. The molecule has 3 N–H and O–H groups in total. The highest BCUT2D eigenvalue weighted by atomic mass is 16.1. The van der Waals surface area contributed by atoms with E-state index in [1.165, 1.54) is 24.0 Å². The fraction of sp³-hybridized carbons (Fsp3) is 0.533. The third kappa shape index (κ3) is 2.56. The standard InChI is InChI=1S/C15H22N2O/c1-10-4-7-13(8-11(10)2)15(3,14(16)18)17-9-12-5-6-12/h4,7-8,12,17H,5-6,9H2,1-3H3,(H2,16,18). The summed E-state index contributed by atoms with van der Waals surface area (Å²) in [4.78, 5) is 11.8. The molecule has 1 aliphatic carbocycles. The molecule has 1 aliphatic rings. The zero-order chi connectivity index (χ0) is 13.3. The second kappa shape index (κ2) is 4.73. The zero-order valence-corrected chi connectivity index (χ0v) is 11.4. The van der Waals surface area contributed by atoms with E-state index >= 15 is 0 Å². The molecular weight excluding hydrogens is 224 g/mol. The third-order valence-electron chi connectivity index (χ3n) is 4.02. The minimum Gasteiger partial charge on any atom is -0.368 e. The van der Waals surface area contributed by atoms with E-state index in [0.29, 0.717) is 0 Å². The summed E-state index contributed by atoms with van der Waals surface area (Å²) in [5.74, 6) is 0.404. The minimum atomic E-state index is -0.763. The maximum absolute atomic E-state index is 11.8. The van der Waals surface area contributed by atoms with Gasteiger partial charge in [0.1, 0.15) is 5.54 Å². The Morgan fingerprint density at radius 2 is 2.06 bits per heavy atom. The van der Waals surface area contributed by atoms with E-state index in [2.05, 4.69) is 25.2 Å². The van der Waals surface area contributed by atoms with Gasteiger partial charge in [0.2, 0.25) is 5.91 Å². The Morgan fingerprint density at radius 1 is 1.39 bits per heavy atom. The van der Waals surface area contributed by atoms with Crippen molar-refractivity contribution in [2.45, 2.75) is 39.2 Å². The Kier molecular flexibility index (Phi) is 3.44. The molecule has 0 bridgehead atoms. The van der Waals surface area contributed by atoms with Crippen molar-refractivity contribution in [2.75, 3.05) is 6.54 Å². The van der Waals surface area contributed by atoms with Crippen LogP contribution >= 0.6 is 0 Å². The van der Waals surface area contributed by atoms with Gasteiger partial charge in [0, 0.05) is 0 Å². The predicted octanol–water partition coefficient (Wildman–Crippen LogP) is 2.00. The topological polar surface area (TPSA) is 55.1 Å². The van der Waals surface area contributed by atoms with Crippen molar-refractivity contribution in [3.63, 3.8) is 0 Å². The van der Waals surface area contributed by atoms with Crippen LogP contribution in [0.4, 0.5) is 0 Å². The number of hydrogen-bond donors (Lipinski definition) is 2. The Labute approximate surface area is 109 Å². The van der Waals surface area contributed by atoms with Gasteiger partial charge in [-0.2, -0.15) is 0 Å². The van der Waals surface area contributed by atoms with Crippen molar-refractivity contribution in [1.29, 1.82) is 0 Å². The minimum absolute atomic E-state index is 0.314. The predicted molar refractivity (Wildman–Crippen MR) is 73.2 cm³/mol. The second-order valence-corrected chi connectivity index (χ2v) is 5.61. The molecule has 1 atom stereocenters. The molecule has 1 saturated carbocycles. The SMILES string of the molecule is Cc1ccc(C(C)(NCC2CC2)C(N)=O)cc1C. The summed E-state index contributed by atoms with van der Waals surface area (Å²) < 4.78 is 0. The summed E-state index contributed by atoms with van der Waals surface area (Å²) in [7, 11) is 0. The summed E-state index contributed by atoms with van der Waals surface area (Å²) in [5, 5.41) is 3.35. The molecule has 1 amide bonds. The number of hydrogen-bond acceptors (Lipinski definition) is 2. The van der Waals surface area contributed by atoms with Crippen LogP contribution in [0.5, 0.6) is 0 Å². The van der Waals surface area contributed by atoms with Crippen molar-refractivity contribution in [3.05, 3.63) is 34.9 Å². The van der Waals surface area contributed by atoms with Crippen LogP contribution in [0.15, 0.2) is 18.2 Å². The Morgan fingerprint density at radius 3 is 2.56 bits per heavy atom. The highest BCUT2D eigenvalue weighted by molar-refractivity contribution is 5.85. The number of rotatable bonds is 5. The van der Waals surface area contributed by atoms with Crippen molar-refractivity contribution in [2.24, 2.45) is 11.7 Å². The third-order valence-corrected chi connectivity index (χ3v) is 4.02. The van der Waals surface area contributed by atoms with Crippen molar-refractivity contribution in [1.82, 2.24) is 5.32 Å². The van der Waals surface area contributed by atoms with Gasteiger partial charge in [-0.05, 0) is 62.8 Å².